The molecule has 1 amide bonds. The lowest BCUT2D eigenvalue weighted by atomic mass is 10.2. The smallest absolute Gasteiger partial charge is 0.274 e. The maximum atomic E-state index is 12.4. The number of unbranched alkanes of at least 4 members (excludes halogenated alkanes) is 2. The summed E-state index contributed by atoms with van der Waals surface area (Å²) in [6, 6.07) is 8.77. The first-order chi connectivity index (χ1) is 12.2. The van der Waals surface area contributed by atoms with Gasteiger partial charge in [0.15, 0.2) is 0 Å². The van der Waals surface area contributed by atoms with Crippen molar-refractivity contribution < 1.29 is 14.3 Å². The number of carbonyl (C=O) groups is 1. The van der Waals surface area contributed by atoms with E-state index in [0.717, 1.165) is 18.7 Å². The van der Waals surface area contributed by atoms with Gasteiger partial charge in [-0.1, -0.05) is 19.8 Å². The lowest BCUT2D eigenvalue weighted by Crippen LogP contribution is -2.14. The molecule has 0 unspecified atom stereocenters. The molecule has 0 radical (unpaired) electrons. The predicted molar refractivity (Wildman–Crippen MR) is 99.8 cm³/mol. The lowest BCUT2D eigenvalue weighted by Gasteiger charge is -2.11. The molecular formula is C19H25N3O3. The van der Waals surface area contributed by atoms with Crippen LogP contribution in [0.15, 0.2) is 36.5 Å². The summed E-state index contributed by atoms with van der Waals surface area (Å²) in [4.78, 5) is 16.6. The second-order valence-electron chi connectivity index (χ2n) is 5.59. The van der Waals surface area contributed by atoms with Gasteiger partial charge in [-0.2, -0.15) is 0 Å². The second kappa shape index (κ2) is 9.52. The molecule has 2 rings (SSSR count). The normalized spacial score (nSPS) is 10.2. The lowest BCUT2D eigenvalue weighted by molar-refractivity contribution is 0.102. The zero-order chi connectivity index (χ0) is 18.1. The van der Waals surface area contributed by atoms with Gasteiger partial charge in [-0.15, -0.1) is 0 Å². The molecule has 1 heterocycles. The number of ether oxygens (including phenoxy) is 2. The van der Waals surface area contributed by atoms with Crippen LogP contribution in [0.1, 0.15) is 36.7 Å². The Balaban J connectivity index is 1.99. The molecule has 6 nitrogen and oxygen atoms in total. The Kier molecular flexibility index (Phi) is 7.07. The van der Waals surface area contributed by atoms with Crippen LogP contribution in [0.4, 0.5) is 11.4 Å². The molecule has 0 bridgehead atoms. The number of anilines is 2. The van der Waals surface area contributed by atoms with Crippen molar-refractivity contribution in [3.05, 3.63) is 42.2 Å². The van der Waals surface area contributed by atoms with Gasteiger partial charge in [-0.25, -0.2) is 4.98 Å². The number of nitrogens with zero attached hydrogens (tertiary/aromatic N) is 1. The summed E-state index contributed by atoms with van der Waals surface area (Å²) in [7, 11) is 3.12. The van der Waals surface area contributed by atoms with Gasteiger partial charge >= 0.3 is 0 Å². The minimum Gasteiger partial charge on any atom is -0.497 e. The van der Waals surface area contributed by atoms with E-state index >= 15 is 0 Å². The van der Waals surface area contributed by atoms with Crippen LogP contribution in [0.3, 0.4) is 0 Å². The third-order valence-electron chi connectivity index (χ3n) is 3.76. The van der Waals surface area contributed by atoms with Crippen molar-refractivity contribution in [1.82, 2.24) is 4.98 Å². The first-order valence-corrected chi connectivity index (χ1v) is 8.41. The molecule has 2 aromatic rings. The zero-order valence-corrected chi connectivity index (χ0v) is 15.0. The maximum absolute atomic E-state index is 12.4. The number of amides is 1. The quantitative estimate of drug-likeness (QED) is 0.675. The number of hydrogen-bond acceptors (Lipinski definition) is 5. The van der Waals surface area contributed by atoms with E-state index < -0.39 is 0 Å². The highest BCUT2D eigenvalue weighted by Crippen LogP contribution is 2.29. The van der Waals surface area contributed by atoms with Crippen molar-refractivity contribution in [2.24, 2.45) is 0 Å². The summed E-state index contributed by atoms with van der Waals surface area (Å²) >= 11 is 0. The SMILES string of the molecule is CCCCCNc1ccc(C(=O)Nc2ccc(OC)cc2OC)nc1. The number of pyridine rings is 1. The number of nitrogens with one attached hydrogen (secondary N) is 2. The summed E-state index contributed by atoms with van der Waals surface area (Å²) in [6.07, 6.45) is 5.18. The molecule has 0 saturated carbocycles. The highest BCUT2D eigenvalue weighted by molar-refractivity contribution is 6.03. The Morgan fingerprint density at radius 3 is 2.60 bits per heavy atom. The van der Waals surface area contributed by atoms with E-state index in [0.29, 0.717) is 22.9 Å². The van der Waals surface area contributed by atoms with E-state index in [4.69, 9.17) is 9.47 Å². The van der Waals surface area contributed by atoms with Crippen LogP contribution < -0.4 is 20.1 Å². The Morgan fingerprint density at radius 2 is 1.96 bits per heavy atom. The molecule has 2 N–H and O–H groups in total. The maximum Gasteiger partial charge on any atom is 0.274 e. The van der Waals surface area contributed by atoms with Crippen LogP contribution in [-0.2, 0) is 0 Å². The largest absolute Gasteiger partial charge is 0.497 e. The molecular weight excluding hydrogens is 318 g/mol. The summed E-state index contributed by atoms with van der Waals surface area (Å²) < 4.78 is 10.4. The van der Waals surface area contributed by atoms with Gasteiger partial charge in [0.25, 0.3) is 5.91 Å². The molecule has 1 aromatic carbocycles. The number of hydrogen-bond donors (Lipinski definition) is 2. The third kappa shape index (κ3) is 5.38. The van der Waals surface area contributed by atoms with Crippen molar-refractivity contribution in [2.45, 2.75) is 26.2 Å². The van der Waals surface area contributed by atoms with Gasteiger partial charge in [0.05, 0.1) is 31.8 Å². The number of carbonyl (C=O) groups excluding carboxylic acids is 1. The van der Waals surface area contributed by atoms with Crippen LogP contribution in [0, 0.1) is 0 Å². The van der Waals surface area contributed by atoms with Gasteiger partial charge in [-0.3, -0.25) is 4.79 Å². The van der Waals surface area contributed by atoms with Gasteiger partial charge in [0, 0.05) is 12.6 Å². The van der Waals surface area contributed by atoms with E-state index in [1.165, 1.54) is 12.8 Å². The molecule has 134 valence electrons. The topological polar surface area (TPSA) is 72.5 Å². The highest BCUT2D eigenvalue weighted by atomic mass is 16.5. The molecule has 0 aliphatic rings. The van der Waals surface area contributed by atoms with Crippen LogP contribution in [0.5, 0.6) is 11.5 Å². The molecule has 0 spiro atoms. The van der Waals surface area contributed by atoms with E-state index in [2.05, 4.69) is 22.5 Å². The van der Waals surface area contributed by atoms with Crippen molar-refractivity contribution in [2.75, 3.05) is 31.4 Å². The fourth-order valence-electron chi connectivity index (χ4n) is 2.33. The van der Waals surface area contributed by atoms with Crippen LogP contribution in [0.2, 0.25) is 0 Å². The van der Waals surface area contributed by atoms with E-state index in [1.54, 1.807) is 44.7 Å². The summed E-state index contributed by atoms with van der Waals surface area (Å²) in [6.45, 7) is 3.08. The average molecular weight is 343 g/mol. The van der Waals surface area contributed by atoms with Gasteiger partial charge in [0.1, 0.15) is 17.2 Å². The number of benzene rings is 1. The molecule has 0 saturated heterocycles. The minimum atomic E-state index is -0.291. The second-order valence-corrected chi connectivity index (χ2v) is 5.59. The molecule has 0 aliphatic carbocycles. The number of methoxy groups -OCH3 is 2. The van der Waals surface area contributed by atoms with Crippen LogP contribution >= 0.6 is 0 Å². The first-order valence-electron chi connectivity index (χ1n) is 8.41. The van der Waals surface area contributed by atoms with Crippen molar-refractivity contribution in [3.8, 4) is 11.5 Å². The standard InChI is InChI=1S/C19H25N3O3/c1-4-5-6-11-20-14-7-9-17(21-13-14)19(23)22-16-10-8-15(24-2)12-18(16)25-3/h7-10,12-13,20H,4-6,11H2,1-3H3,(H,22,23). The van der Waals surface area contributed by atoms with Crippen LogP contribution in [-0.4, -0.2) is 31.7 Å². The molecule has 0 atom stereocenters. The average Bonchev–Trinajstić information content (AvgIpc) is 2.66. The Labute approximate surface area is 148 Å². The first kappa shape index (κ1) is 18.6. The number of aromatic nitrogens is 1. The van der Waals surface area contributed by atoms with Crippen molar-refractivity contribution in [3.63, 3.8) is 0 Å². The fraction of sp³-hybridized carbons (Fsp3) is 0.368. The van der Waals surface area contributed by atoms with Crippen molar-refractivity contribution in [1.29, 1.82) is 0 Å². The molecule has 25 heavy (non-hydrogen) atoms. The summed E-state index contributed by atoms with van der Waals surface area (Å²) in [5, 5.41) is 6.10. The highest BCUT2D eigenvalue weighted by Gasteiger charge is 2.12. The summed E-state index contributed by atoms with van der Waals surface area (Å²) in [5.41, 5.74) is 1.82. The monoisotopic (exact) mass is 343 g/mol. The third-order valence-corrected chi connectivity index (χ3v) is 3.76. The Bertz CT molecular complexity index is 687. The minimum absolute atomic E-state index is 0.291. The Morgan fingerprint density at radius 1 is 1.12 bits per heavy atom. The van der Waals surface area contributed by atoms with Gasteiger partial charge in [-0.05, 0) is 30.7 Å². The van der Waals surface area contributed by atoms with Gasteiger partial charge in [0.2, 0.25) is 0 Å². The molecule has 6 heteroatoms. The predicted octanol–water partition coefficient (Wildman–Crippen LogP) is 3.95. The van der Waals surface area contributed by atoms with Gasteiger partial charge < -0.3 is 20.1 Å². The molecule has 1 aromatic heterocycles. The van der Waals surface area contributed by atoms with E-state index in [-0.39, 0.29) is 5.91 Å². The molecule has 0 aliphatic heterocycles. The summed E-state index contributed by atoms with van der Waals surface area (Å²) in [5.74, 6) is 0.898. The fourth-order valence-corrected chi connectivity index (χ4v) is 2.33. The van der Waals surface area contributed by atoms with E-state index in [9.17, 15) is 4.79 Å². The molecule has 0 fully saturated rings. The zero-order valence-electron chi connectivity index (χ0n) is 15.0. The van der Waals surface area contributed by atoms with Crippen molar-refractivity contribution >= 4 is 17.3 Å². The Hall–Kier alpha value is -2.76. The van der Waals surface area contributed by atoms with E-state index in [1.807, 2.05) is 6.07 Å². The van der Waals surface area contributed by atoms with Crippen LogP contribution in [0.25, 0.3) is 0 Å². The number of rotatable bonds is 9.